The first-order valence-corrected chi connectivity index (χ1v) is 7.25. The first kappa shape index (κ1) is 17.2. The van der Waals surface area contributed by atoms with E-state index in [1.165, 1.54) is 25.3 Å². The molecule has 1 aromatic carbocycles. The van der Waals surface area contributed by atoms with Crippen LogP contribution in [0, 0.1) is 0 Å². The van der Waals surface area contributed by atoms with E-state index in [1.807, 2.05) is 0 Å². The van der Waals surface area contributed by atoms with Crippen molar-refractivity contribution in [3.8, 4) is 11.5 Å². The zero-order valence-corrected chi connectivity index (χ0v) is 13.5. The molecule has 0 atom stereocenters. The second-order valence-corrected chi connectivity index (χ2v) is 5.15. The SMILES string of the molecule is COc1cc(C=CC(=O)CC(=O)C=Cc2cnn(C)c2)ccc1O. The Morgan fingerprint density at radius 2 is 1.88 bits per heavy atom. The molecule has 2 aromatic rings. The van der Waals surface area contributed by atoms with E-state index < -0.39 is 0 Å². The van der Waals surface area contributed by atoms with Crippen LogP contribution in [-0.4, -0.2) is 33.6 Å². The molecule has 0 unspecified atom stereocenters. The quantitative estimate of drug-likeness (QED) is 0.624. The number of aryl methyl sites for hydroxylation is 1. The Kier molecular flexibility index (Phi) is 5.68. The zero-order valence-electron chi connectivity index (χ0n) is 13.5. The maximum atomic E-state index is 11.8. The summed E-state index contributed by atoms with van der Waals surface area (Å²) in [5.74, 6) is -0.239. The fourth-order valence-corrected chi connectivity index (χ4v) is 1.99. The molecule has 0 aliphatic rings. The third-order valence-electron chi connectivity index (χ3n) is 3.20. The monoisotopic (exact) mass is 326 g/mol. The van der Waals surface area contributed by atoms with Crippen LogP contribution in [0.15, 0.2) is 42.7 Å². The van der Waals surface area contributed by atoms with Gasteiger partial charge in [0.25, 0.3) is 0 Å². The number of hydrogen-bond donors (Lipinski definition) is 1. The van der Waals surface area contributed by atoms with Gasteiger partial charge in [0.15, 0.2) is 23.1 Å². The van der Waals surface area contributed by atoms with Crippen LogP contribution in [0.3, 0.4) is 0 Å². The van der Waals surface area contributed by atoms with Gasteiger partial charge in [0.05, 0.1) is 19.7 Å². The van der Waals surface area contributed by atoms with Crippen LogP contribution >= 0.6 is 0 Å². The number of phenols is 1. The van der Waals surface area contributed by atoms with E-state index in [-0.39, 0.29) is 23.7 Å². The second-order valence-electron chi connectivity index (χ2n) is 5.15. The number of phenolic OH excluding ortho intramolecular Hbond substituents is 1. The standard InChI is InChI=1S/C18H18N2O4/c1-20-12-14(11-19-20)4-7-16(22)10-15(21)6-3-13-5-8-17(23)18(9-13)24-2/h3-9,11-12,23H,10H2,1-2H3. The van der Waals surface area contributed by atoms with Crippen molar-refractivity contribution in [2.75, 3.05) is 7.11 Å². The third kappa shape index (κ3) is 4.95. The molecule has 2 rings (SSSR count). The lowest BCUT2D eigenvalue weighted by Gasteiger charge is -2.03. The van der Waals surface area contributed by atoms with Crippen LogP contribution in [0.2, 0.25) is 0 Å². The molecule has 0 radical (unpaired) electrons. The summed E-state index contributed by atoms with van der Waals surface area (Å²) in [7, 11) is 3.23. The van der Waals surface area contributed by atoms with Gasteiger partial charge in [-0.1, -0.05) is 12.1 Å². The van der Waals surface area contributed by atoms with E-state index in [9.17, 15) is 14.7 Å². The number of methoxy groups -OCH3 is 1. The minimum absolute atomic E-state index is 0.0247. The summed E-state index contributed by atoms with van der Waals surface area (Å²) < 4.78 is 6.62. The van der Waals surface area contributed by atoms with Crippen LogP contribution in [0.25, 0.3) is 12.2 Å². The summed E-state index contributed by atoms with van der Waals surface area (Å²) in [5.41, 5.74) is 1.49. The molecular weight excluding hydrogens is 308 g/mol. The maximum absolute atomic E-state index is 11.8. The van der Waals surface area contributed by atoms with Crippen LogP contribution in [0.4, 0.5) is 0 Å². The number of carbonyl (C=O) groups excluding carboxylic acids is 2. The van der Waals surface area contributed by atoms with E-state index in [0.29, 0.717) is 11.3 Å². The number of nitrogens with zero attached hydrogens (tertiary/aromatic N) is 2. The Morgan fingerprint density at radius 3 is 2.46 bits per heavy atom. The van der Waals surface area contributed by atoms with Gasteiger partial charge >= 0.3 is 0 Å². The molecule has 0 amide bonds. The first-order chi connectivity index (χ1) is 11.5. The molecule has 124 valence electrons. The summed E-state index contributed by atoms with van der Waals surface area (Å²) in [6.45, 7) is 0. The number of allylic oxidation sites excluding steroid dienone is 2. The highest BCUT2D eigenvalue weighted by Crippen LogP contribution is 2.26. The number of benzene rings is 1. The lowest BCUT2D eigenvalue weighted by Crippen LogP contribution is -2.01. The largest absolute Gasteiger partial charge is 0.504 e. The van der Waals surface area contributed by atoms with Crippen molar-refractivity contribution in [2.45, 2.75) is 6.42 Å². The van der Waals surface area contributed by atoms with Crippen LogP contribution < -0.4 is 4.74 Å². The highest BCUT2D eigenvalue weighted by atomic mass is 16.5. The molecule has 0 bridgehead atoms. The molecule has 6 heteroatoms. The maximum Gasteiger partial charge on any atom is 0.163 e. The Balaban J connectivity index is 1.92. The van der Waals surface area contributed by atoms with Crippen molar-refractivity contribution in [1.29, 1.82) is 0 Å². The number of rotatable bonds is 7. The fraction of sp³-hybridized carbons (Fsp3) is 0.167. The van der Waals surface area contributed by atoms with Crippen molar-refractivity contribution >= 4 is 23.7 Å². The third-order valence-corrected chi connectivity index (χ3v) is 3.20. The minimum Gasteiger partial charge on any atom is -0.504 e. The molecule has 0 aliphatic heterocycles. The molecule has 0 fully saturated rings. The van der Waals surface area contributed by atoms with Gasteiger partial charge in [-0.2, -0.15) is 5.10 Å². The number of ether oxygens (including phenoxy) is 1. The zero-order chi connectivity index (χ0) is 17.5. The van der Waals surface area contributed by atoms with Gasteiger partial charge in [0.1, 0.15) is 0 Å². The van der Waals surface area contributed by atoms with Crippen LogP contribution in [0.1, 0.15) is 17.5 Å². The van der Waals surface area contributed by atoms with Gasteiger partial charge < -0.3 is 9.84 Å². The smallest absolute Gasteiger partial charge is 0.163 e. The molecule has 24 heavy (non-hydrogen) atoms. The Hall–Kier alpha value is -3.15. The Bertz CT molecular complexity index is 803. The molecule has 0 saturated heterocycles. The highest BCUT2D eigenvalue weighted by Gasteiger charge is 2.05. The van der Waals surface area contributed by atoms with E-state index in [2.05, 4.69) is 5.10 Å². The number of ketones is 2. The summed E-state index contributed by atoms with van der Waals surface area (Å²) in [6.07, 6.45) is 9.09. The number of aromatic nitrogens is 2. The topological polar surface area (TPSA) is 81.4 Å². The average Bonchev–Trinajstić information content (AvgIpc) is 2.97. The molecule has 0 saturated carbocycles. The predicted octanol–water partition coefficient (Wildman–Crippen LogP) is 2.39. The van der Waals surface area contributed by atoms with Crippen molar-refractivity contribution < 1.29 is 19.4 Å². The first-order valence-electron chi connectivity index (χ1n) is 7.25. The van der Waals surface area contributed by atoms with Gasteiger partial charge in [0.2, 0.25) is 0 Å². The number of aromatic hydroxyl groups is 1. The minimum atomic E-state index is -0.303. The number of hydrogen-bond acceptors (Lipinski definition) is 5. The normalized spacial score (nSPS) is 11.2. The summed E-state index contributed by atoms with van der Waals surface area (Å²) in [4.78, 5) is 23.6. The molecule has 6 nitrogen and oxygen atoms in total. The summed E-state index contributed by atoms with van der Waals surface area (Å²) in [5, 5.41) is 13.5. The van der Waals surface area contributed by atoms with Gasteiger partial charge in [-0.05, 0) is 35.9 Å². The highest BCUT2D eigenvalue weighted by molar-refractivity contribution is 6.10. The van der Waals surface area contributed by atoms with Gasteiger partial charge in [-0.25, -0.2) is 0 Å². The molecule has 1 aromatic heterocycles. The van der Waals surface area contributed by atoms with Crippen LogP contribution in [-0.2, 0) is 16.6 Å². The summed E-state index contributed by atoms with van der Waals surface area (Å²) >= 11 is 0. The average molecular weight is 326 g/mol. The van der Waals surface area contributed by atoms with E-state index in [1.54, 1.807) is 48.4 Å². The fourth-order valence-electron chi connectivity index (χ4n) is 1.99. The molecule has 1 heterocycles. The Labute approximate surface area is 139 Å². The van der Waals surface area contributed by atoms with E-state index >= 15 is 0 Å². The molecule has 0 spiro atoms. The molecule has 1 N–H and O–H groups in total. The lowest BCUT2D eigenvalue weighted by atomic mass is 10.1. The van der Waals surface area contributed by atoms with Crippen molar-refractivity contribution in [1.82, 2.24) is 9.78 Å². The lowest BCUT2D eigenvalue weighted by molar-refractivity contribution is -0.121. The number of carbonyl (C=O) groups is 2. The van der Waals surface area contributed by atoms with Crippen LogP contribution in [0.5, 0.6) is 11.5 Å². The van der Waals surface area contributed by atoms with Crippen molar-refractivity contribution in [3.05, 3.63) is 53.9 Å². The van der Waals surface area contributed by atoms with Crippen molar-refractivity contribution in [3.63, 3.8) is 0 Å². The predicted molar refractivity (Wildman–Crippen MR) is 90.6 cm³/mol. The molecular formula is C18H18N2O4. The summed E-state index contributed by atoms with van der Waals surface area (Å²) in [6, 6.07) is 4.72. The van der Waals surface area contributed by atoms with Gasteiger partial charge in [-0.3, -0.25) is 14.3 Å². The molecule has 0 aliphatic carbocycles. The van der Waals surface area contributed by atoms with Crippen molar-refractivity contribution in [2.24, 2.45) is 7.05 Å². The van der Waals surface area contributed by atoms with Gasteiger partial charge in [-0.15, -0.1) is 0 Å². The van der Waals surface area contributed by atoms with E-state index in [0.717, 1.165) is 5.56 Å². The Morgan fingerprint density at radius 1 is 1.21 bits per heavy atom. The van der Waals surface area contributed by atoms with E-state index in [4.69, 9.17) is 4.74 Å². The second kappa shape index (κ2) is 7.92. The van der Waals surface area contributed by atoms with Gasteiger partial charge in [0, 0.05) is 18.8 Å².